The first-order valence-electron chi connectivity index (χ1n) is 33.1. The first kappa shape index (κ1) is 76.4. The molecular weight excluding hydrogens is 996 g/mol. The number of likely N-dealkylation sites (N-methyl/N-ethyl adjacent to an activating group) is 1. The molecule has 0 aromatic heterocycles. The van der Waals surface area contributed by atoms with Gasteiger partial charge in [-0.2, -0.15) is 0 Å². The van der Waals surface area contributed by atoms with Crippen molar-refractivity contribution in [3.63, 3.8) is 0 Å². The van der Waals surface area contributed by atoms with Gasteiger partial charge in [0.1, 0.15) is 13.2 Å². The van der Waals surface area contributed by atoms with Gasteiger partial charge in [0.2, 0.25) is 5.91 Å². The summed E-state index contributed by atoms with van der Waals surface area (Å²) < 4.78 is 23.8. The van der Waals surface area contributed by atoms with E-state index in [0.717, 1.165) is 83.5 Å². The number of hydrogen-bond donors (Lipinski definition) is 3. The maximum atomic E-state index is 13.0. The molecule has 3 unspecified atom stereocenters. The van der Waals surface area contributed by atoms with Gasteiger partial charge in [-0.3, -0.25) is 13.8 Å². The highest BCUT2D eigenvalue weighted by atomic mass is 31.2. The molecular formula is C70H128N2O6P+. The molecule has 0 radical (unpaired) electrons. The van der Waals surface area contributed by atoms with Crippen molar-refractivity contribution in [3.05, 3.63) is 97.2 Å². The van der Waals surface area contributed by atoms with E-state index in [1.807, 2.05) is 27.2 Å². The largest absolute Gasteiger partial charge is 0.472 e. The first-order chi connectivity index (χ1) is 38.5. The van der Waals surface area contributed by atoms with Gasteiger partial charge in [0, 0.05) is 6.42 Å². The average molecular weight is 1120 g/mol. The number of quaternary nitrogens is 1. The van der Waals surface area contributed by atoms with Crippen LogP contribution < -0.4 is 5.32 Å². The van der Waals surface area contributed by atoms with E-state index in [0.29, 0.717) is 17.4 Å². The Hall–Kier alpha value is -2.58. The third kappa shape index (κ3) is 62.9. The van der Waals surface area contributed by atoms with Gasteiger partial charge in [-0.25, -0.2) is 4.57 Å². The Morgan fingerprint density at radius 2 is 0.759 bits per heavy atom. The van der Waals surface area contributed by atoms with Crippen LogP contribution >= 0.6 is 7.82 Å². The molecule has 0 saturated carbocycles. The van der Waals surface area contributed by atoms with E-state index >= 15 is 0 Å². The summed E-state index contributed by atoms with van der Waals surface area (Å²) in [4.78, 5) is 23.4. The van der Waals surface area contributed by atoms with Crippen LogP contribution in [0, 0.1) is 0 Å². The van der Waals surface area contributed by atoms with Crippen LogP contribution in [0.25, 0.3) is 0 Å². The van der Waals surface area contributed by atoms with Gasteiger partial charge in [0.25, 0.3) is 0 Å². The van der Waals surface area contributed by atoms with Gasteiger partial charge in [0.05, 0.1) is 39.9 Å². The molecule has 0 aliphatic heterocycles. The summed E-state index contributed by atoms with van der Waals surface area (Å²) in [6, 6.07) is -0.853. The monoisotopic (exact) mass is 1120 g/mol. The summed E-state index contributed by atoms with van der Waals surface area (Å²) in [6.07, 6.45) is 86.7. The summed E-state index contributed by atoms with van der Waals surface area (Å²) in [6.45, 7) is 4.73. The molecule has 9 heteroatoms. The SMILES string of the molecule is CC/C=C\C/C=C\C/C=C\C/C=C\C/C=C\C/C=C\C/C=C\CCCCCCCCCCCCCCCC(=O)NC(COP(=O)(O)OCC[N+](C)(C)C)C(O)/C=C/CCCCCCCCCCCCCCCCCCCCCC. The second-order valence-electron chi connectivity index (χ2n) is 23.5. The molecule has 0 aliphatic rings. The van der Waals surface area contributed by atoms with E-state index in [1.165, 1.54) is 186 Å². The molecule has 3 atom stereocenters. The zero-order valence-corrected chi connectivity index (χ0v) is 53.2. The fraction of sp³-hybridized carbons (Fsp3) is 0.757. The third-order valence-electron chi connectivity index (χ3n) is 14.6. The predicted octanol–water partition coefficient (Wildman–Crippen LogP) is 20.9. The quantitative estimate of drug-likeness (QED) is 0.0243. The van der Waals surface area contributed by atoms with Crippen LogP contribution in [0.5, 0.6) is 0 Å². The number of carbonyl (C=O) groups is 1. The summed E-state index contributed by atoms with van der Waals surface area (Å²) in [5.74, 6) is -0.179. The van der Waals surface area contributed by atoms with E-state index in [2.05, 4.69) is 104 Å². The number of allylic oxidation sites excluding steroid dienone is 15. The van der Waals surface area contributed by atoms with Gasteiger partial charge < -0.3 is 19.8 Å². The Balaban J connectivity index is 4.11. The second kappa shape index (κ2) is 60.0. The Morgan fingerprint density at radius 3 is 1.11 bits per heavy atom. The van der Waals surface area contributed by atoms with Crippen LogP contribution in [0.2, 0.25) is 0 Å². The molecule has 458 valence electrons. The fourth-order valence-electron chi connectivity index (χ4n) is 9.44. The van der Waals surface area contributed by atoms with Crippen molar-refractivity contribution in [1.82, 2.24) is 5.32 Å². The number of aliphatic hydroxyl groups is 1. The van der Waals surface area contributed by atoms with E-state index in [4.69, 9.17) is 9.05 Å². The zero-order valence-electron chi connectivity index (χ0n) is 52.3. The van der Waals surface area contributed by atoms with Crippen molar-refractivity contribution >= 4 is 13.7 Å². The maximum absolute atomic E-state index is 13.0. The molecule has 0 heterocycles. The van der Waals surface area contributed by atoms with Crippen molar-refractivity contribution < 1.29 is 32.9 Å². The van der Waals surface area contributed by atoms with Gasteiger partial charge in [-0.1, -0.05) is 304 Å². The number of unbranched alkanes of at least 4 members (excludes halogenated alkanes) is 33. The predicted molar refractivity (Wildman–Crippen MR) is 346 cm³/mol. The smallest absolute Gasteiger partial charge is 0.387 e. The van der Waals surface area contributed by atoms with Crippen LogP contribution in [0.3, 0.4) is 0 Å². The van der Waals surface area contributed by atoms with Gasteiger partial charge in [0.15, 0.2) is 0 Å². The minimum Gasteiger partial charge on any atom is -0.387 e. The van der Waals surface area contributed by atoms with Crippen LogP contribution in [-0.2, 0) is 18.4 Å². The second-order valence-corrected chi connectivity index (χ2v) is 24.9. The number of phosphoric ester groups is 1. The molecule has 3 N–H and O–H groups in total. The lowest BCUT2D eigenvalue weighted by molar-refractivity contribution is -0.870. The topological polar surface area (TPSA) is 105 Å². The number of nitrogens with zero attached hydrogens (tertiary/aromatic N) is 1. The molecule has 0 saturated heterocycles. The molecule has 8 nitrogen and oxygen atoms in total. The first-order valence-corrected chi connectivity index (χ1v) is 34.6. The van der Waals surface area contributed by atoms with Crippen LogP contribution in [0.15, 0.2) is 97.2 Å². The Kier molecular flexibility index (Phi) is 58.1. The average Bonchev–Trinajstić information content (AvgIpc) is 3.42. The summed E-state index contributed by atoms with van der Waals surface area (Å²) in [5, 5.41) is 14.0. The van der Waals surface area contributed by atoms with Crippen LogP contribution in [0.1, 0.15) is 290 Å². The van der Waals surface area contributed by atoms with Crippen molar-refractivity contribution in [2.45, 2.75) is 302 Å². The number of amides is 1. The number of hydrogen-bond acceptors (Lipinski definition) is 5. The Morgan fingerprint density at radius 1 is 0.443 bits per heavy atom. The lowest BCUT2D eigenvalue weighted by Crippen LogP contribution is -2.45. The molecule has 0 spiro atoms. The van der Waals surface area contributed by atoms with Crippen molar-refractivity contribution in [2.24, 2.45) is 0 Å². The van der Waals surface area contributed by atoms with Crippen LogP contribution in [-0.4, -0.2) is 73.4 Å². The molecule has 79 heavy (non-hydrogen) atoms. The van der Waals surface area contributed by atoms with Gasteiger partial charge >= 0.3 is 7.82 Å². The minimum atomic E-state index is -4.36. The van der Waals surface area contributed by atoms with E-state index in [-0.39, 0.29) is 19.1 Å². The van der Waals surface area contributed by atoms with Gasteiger partial charge in [-0.05, 0) is 77.0 Å². The number of aliphatic hydroxyl groups excluding tert-OH is 1. The zero-order chi connectivity index (χ0) is 57.7. The highest BCUT2D eigenvalue weighted by molar-refractivity contribution is 7.47. The number of carbonyl (C=O) groups excluding carboxylic acids is 1. The van der Waals surface area contributed by atoms with E-state index < -0.39 is 20.0 Å². The highest BCUT2D eigenvalue weighted by Crippen LogP contribution is 2.43. The molecule has 0 aromatic rings. The molecule has 0 bridgehead atoms. The van der Waals surface area contributed by atoms with Gasteiger partial charge in [-0.15, -0.1) is 0 Å². The third-order valence-corrected chi connectivity index (χ3v) is 15.5. The van der Waals surface area contributed by atoms with Crippen molar-refractivity contribution in [2.75, 3.05) is 40.9 Å². The fourth-order valence-corrected chi connectivity index (χ4v) is 10.2. The number of phosphoric acid groups is 1. The highest BCUT2D eigenvalue weighted by Gasteiger charge is 2.28. The lowest BCUT2D eigenvalue weighted by Gasteiger charge is -2.25. The molecule has 1 amide bonds. The number of nitrogens with one attached hydrogen (secondary N) is 1. The standard InChI is InChI=1S/C70H127N2O6P/c1-6-8-10-12-14-16-18-20-22-24-26-28-30-31-32-33-34-35-36-37-38-39-40-41-42-44-46-48-50-52-54-56-58-60-62-64-70(74)71-68(67-78-79(75,76)77-66-65-72(3,4)5)69(73)63-61-59-57-55-53-51-49-47-45-43-29-27-25-23-21-19-17-15-13-11-9-7-2/h8,10,14,16,20,22,26,28,31-32,34-35,37-38,61,63,68-69,73H,6-7,9,11-13,15,17-19,21,23-25,27,29-30,33,36,39-60,62,64-67H2,1-5H3,(H-,71,74,75,76)/p+1/b10-8-,16-14-,22-20-,28-26-,32-31-,35-34-,38-37-,63-61+. The number of rotatable bonds is 60. The summed E-state index contributed by atoms with van der Waals surface area (Å²) in [7, 11) is 1.57. The molecule has 0 fully saturated rings. The lowest BCUT2D eigenvalue weighted by atomic mass is 10.0. The van der Waals surface area contributed by atoms with Crippen molar-refractivity contribution in [1.29, 1.82) is 0 Å². The molecule has 0 rings (SSSR count). The Labute approximate surface area is 489 Å². The van der Waals surface area contributed by atoms with E-state index in [9.17, 15) is 19.4 Å². The minimum absolute atomic E-state index is 0.0586. The molecule has 0 aromatic carbocycles. The summed E-state index contributed by atoms with van der Waals surface area (Å²) >= 11 is 0. The van der Waals surface area contributed by atoms with Crippen LogP contribution in [0.4, 0.5) is 0 Å². The normalized spacial score (nSPS) is 14.4. The van der Waals surface area contributed by atoms with E-state index in [1.54, 1.807) is 6.08 Å². The summed E-state index contributed by atoms with van der Waals surface area (Å²) in [5.41, 5.74) is 0. The maximum Gasteiger partial charge on any atom is 0.472 e. The van der Waals surface area contributed by atoms with Crippen molar-refractivity contribution in [3.8, 4) is 0 Å². The molecule has 0 aliphatic carbocycles. The Bertz CT molecular complexity index is 1610.